The van der Waals surface area contributed by atoms with Gasteiger partial charge in [0.15, 0.2) is 0 Å². The Hall–Kier alpha value is -1.84. The number of nitrogens with one attached hydrogen (secondary N) is 2. The van der Waals surface area contributed by atoms with Gasteiger partial charge in [-0.2, -0.15) is 0 Å². The third-order valence-electron chi connectivity index (χ3n) is 2.67. The van der Waals surface area contributed by atoms with Crippen molar-refractivity contribution in [1.29, 1.82) is 0 Å². The van der Waals surface area contributed by atoms with Gasteiger partial charge >= 0.3 is 0 Å². The van der Waals surface area contributed by atoms with Gasteiger partial charge < -0.3 is 10.6 Å². The first kappa shape index (κ1) is 15.2. The van der Waals surface area contributed by atoms with Crippen LogP contribution < -0.4 is 10.6 Å². The molecular formula is C15H22N2O2. The lowest BCUT2D eigenvalue weighted by molar-refractivity contribution is -0.131. The van der Waals surface area contributed by atoms with Gasteiger partial charge in [-0.3, -0.25) is 9.59 Å². The molecule has 2 amide bonds. The van der Waals surface area contributed by atoms with Gasteiger partial charge in [-0.1, -0.05) is 51.1 Å². The summed E-state index contributed by atoms with van der Waals surface area (Å²) >= 11 is 0. The number of carbonyl (C=O) groups excluding carboxylic acids is 2. The summed E-state index contributed by atoms with van der Waals surface area (Å²) in [5, 5.41) is 5.40. The van der Waals surface area contributed by atoms with Crippen LogP contribution in [-0.2, 0) is 16.0 Å². The van der Waals surface area contributed by atoms with Crippen LogP contribution in [0.25, 0.3) is 0 Å². The molecule has 2 N–H and O–H groups in total. The van der Waals surface area contributed by atoms with Crippen molar-refractivity contribution >= 4 is 11.8 Å². The molecule has 4 nitrogen and oxygen atoms in total. The highest BCUT2D eigenvalue weighted by Crippen LogP contribution is 2.11. The number of benzene rings is 1. The Balaban J connectivity index is 2.20. The maximum atomic E-state index is 11.6. The van der Waals surface area contributed by atoms with E-state index < -0.39 is 5.41 Å². The number of amides is 2. The highest BCUT2D eigenvalue weighted by Gasteiger charge is 2.21. The van der Waals surface area contributed by atoms with Crippen molar-refractivity contribution in [3.05, 3.63) is 35.9 Å². The fourth-order valence-electron chi connectivity index (χ4n) is 1.48. The molecule has 0 saturated carbocycles. The fraction of sp³-hybridized carbons (Fsp3) is 0.467. The molecule has 0 aliphatic carbocycles. The lowest BCUT2D eigenvalue weighted by Crippen LogP contribution is -2.42. The van der Waals surface area contributed by atoms with Gasteiger partial charge in [0.1, 0.15) is 0 Å². The predicted octanol–water partition coefficient (Wildman–Crippen LogP) is 1.51. The van der Waals surface area contributed by atoms with Crippen LogP contribution in [0.2, 0.25) is 0 Å². The molecule has 0 atom stereocenters. The molecule has 0 heterocycles. The first-order valence-electron chi connectivity index (χ1n) is 6.48. The van der Waals surface area contributed by atoms with E-state index in [-0.39, 0.29) is 18.4 Å². The van der Waals surface area contributed by atoms with Crippen LogP contribution in [0, 0.1) is 5.41 Å². The minimum absolute atomic E-state index is 0.0326. The summed E-state index contributed by atoms with van der Waals surface area (Å²) in [6, 6.07) is 9.95. The Kier molecular flexibility index (Phi) is 5.55. The number of hydrogen-bond donors (Lipinski definition) is 2. The quantitative estimate of drug-likeness (QED) is 0.845. The zero-order valence-corrected chi connectivity index (χ0v) is 11.8. The number of hydrogen-bond acceptors (Lipinski definition) is 2. The van der Waals surface area contributed by atoms with Gasteiger partial charge in [0.25, 0.3) is 0 Å². The van der Waals surface area contributed by atoms with Gasteiger partial charge in [0.2, 0.25) is 11.8 Å². The molecule has 1 rings (SSSR count). The smallest absolute Gasteiger partial charge is 0.239 e. The molecule has 0 aromatic heterocycles. The number of carbonyl (C=O) groups is 2. The van der Waals surface area contributed by atoms with Crippen LogP contribution in [0.1, 0.15) is 26.3 Å². The summed E-state index contributed by atoms with van der Waals surface area (Å²) in [4.78, 5) is 23.1. The topological polar surface area (TPSA) is 58.2 Å². The molecular weight excluding hydrogens is 240 g/mol. The van der Waals surface area contributed by atoms with E-state index >= 15 is 0 Å². The normalized spacial score (nSPS) is 10.9. The summed E-state index contributed by atoms with van der Waals surface area (Å²) < 4.78 is 0. The van der Waals surface area contributed by atoms with Crippen LogP contribution in [0.15, 0.2) is 30.3 Å². The van der Waals surface area contributed by atoms with Gasteiger partial charge in [-0.25, -0.2) is 0 Å². The largest absolute Gasteiger partial charge is 0.354 e. The third-order valence-corrected chi connectivity index (χ3v) is 2.67. The average Bonchev–Trinajstić information content (AvgIpc) is 2.36. The molecule has 0 fully saturated rings. The van der Waals surface area contributed by atoms with Crippen molar-refractivity contribution in [2.45, 2.75) is 27.2 Å². The van der Waals surface area contributed by atoms with Crippen molar-refractivity contribution in [3.8, 4) is 0 Å². The summed E-state index contributed by atoms with van der Waals surface area (Å²) in [7, 11) is 0. The highest BCUT2D eigenvalue weighted by molar-refractivity contribution is 5.87. The molecule has 0 spiro atoms. The standard InChI is InChI=1S/C15H22N2O2/c1-15(2,3)14(19)17-11-13(18)16-10-9-12-7-5-4-6-8-12/h4-8H,9-11H2,1-3H3,(H,16,18)(H,17,19). The summed E-state index contributed by atoms with van der Waals surface area (Å²) in [5.41, 5.74) is 0.714. The van der Waals surface area contributed by atoms with E-state index in [1.807, 2.05) is 51.1 Å². The Labute approximate surface area is 114 Å². The second kappa shape index (κ2) is 6.92. The monoisotopic (exact) mass is 262 g/mol. The molecule has 1 aromatic carbocycles. The molecule has 19 heavy (non-hydrogen) atoms. The van der Waals surface area contributed by atoms with Gasteiger partial charge in [0.05, 0.1) is 6.54 Å². The van der Waals surface area contributed by atoms with Gasteiger partial charge in [-0.15, -0.1) is 0 Å². The first-order chi connectivity index (χ1) is 8.89. The average molecular weight is 262 g/mol. The second-order valence-electron chi connectivity index (χ2n) is 5.52. The number of rotatable bonds is 5. The maximum Gasteiger partial charge on any atom is 0.239 e. The van der Waals surface area contributed by atoms with Crippen LogP contribution in [0.4, 0.5) is 0 Å². The summed E-state index contributed by atoms with van der Waals surface area (Å²) in [6.45, 7) is 6.06. The third kappa shape index (κ3) is 6.04. The van der Waals surface area contributed by atoms with Crippen molar-refractivity contribution in [2.75, 3.05) is 13.1 Å². The first-order valence-corrected chi connectivity index (χ1v) is 6.48. The van der Waals surface area contributed by atoms with Gasteiger partial charge in [-0.05, 0) is 12.0 Å². The van der Waals surface area contributed by atoms with Crippen molar-refractivity contribution in [1.82, 2.24) is 10.6 Å². The van der Waals surface area contributed by atoms with Crippen LogP contribution in [0.3, 0.4) is 0 Å². The molecule has 0 aliphatic heterocycles. The SMILES string of the molecule is CC(C)(C)C(=O)NCC(=O)NCCc1ccccc1. The molecule has 0 unspecified atom stereocenters. The van der Waals surface area contributed by atoms with Crippen molar-refractivity contribution in [3.63, 3.8) is 0 Å². The zero-order valence-electron chi connectivity index (χ0n) is 11.8. The Morgan fingerprint density at radius 3 is 2.26 bits per heavy atom. The van der Waals surface area contributed by atoms with Gasteiger partial charge in [0, 0.05) is 12.0 Å². The molecule has 1 aromatic rings. The van der Waals surface area contributed by atoms with E-state index in [1.54, 1.807) is 0 Å². The molecule has 0 bridgehead atoms. The van der Waals surface area contributed by atoms with Crippen molar-refractivity contribution in [2.24, 2.45) is 5.41 Å². The molecule has 104 valence electrons. The molecule has 0 saturated heterocycles. The summed E-state index contributed by atoms with van der Waals surface area (Å²) in [5.74, 6) is -0.278. The Bertz CT molecular complexity index is 422. The second-order valence-corrected chi connectivity index (χ2v) is 5.52. The van der Waals surface area contributed by atoms with E-state index in [1.165, 1.54) is 5.56 Å². The van der Waals surface area contributed by atoms with E-state index in [9.17, 15) is 9.59 Å². The van der Waals surface area contributed by atoms with E-state index in [2.05, 4.69) is 10.6 Å². The molecule has 4 heteroatoms. The summed E-state index contributed by atoms with van der Waals surface area (Å²) in [6.07, 6.45) is 0.791. The van der Waals surface area contributed by atoms with E-state index in [0.29, 0.717) is 6.54 Å². The zero-order chi connectivity index (χ0) is 14.3. The predicted molar refractivity (Wildman–Crippen MR) is 75.6 cm³/mol. The maximum absolute atomic E-state index is 11.6. The Morgan fingerprint density at radius 2 is 1.68 bits per heavy atom. The molecule has 0 radical (unpaired) electrons. The van der Waals surface area contributed by atoms with Crippen molar-refractivity contribution < 1.29 is 9.59 Å². The van der Waals surface area contributed by atoms with E-state index in [4.69, 9.17) is 0 Å². The Morgan fingerprint density at radius 1 is 1.05 bits per heavy atom. The fourth-order valence-corrected chi connectivity index (χ4v) is 1.48. The van der Waals surface area contributed by atoms with Crippen LogP contribution in [0.5, 0.6) is 0 Å². The minimum Gasteiger partial charge on any atom is -0.354 e. The molecule has 0 aliphatic rings. The minimum atomic E-state index is -0.468. The van der Waals surface area contributed by atoms with Crippen LogP contribution in [-0.4, -0.2) is 24.9 Å². The van der Waals surface area contributed by atoms with Crippen LogP contribution >= 0.6 is 0 Å². The lowest BCUT2D eigenvalue weighted by atomic mass is 9.96. The van der Waals surface area contributed by atoms with E-state index in [0.717, 1.165) is 6.42 Å². The highest BCUT2D eigenvalue weighted by atomic mass is 16.2. The lowest BCUT2D eigenvalue weighted by Gasteiger charge is -2.17.